The van der Waals surface area contributed by atoms with Crippen LogP contribution < -0.4 is 4.90 Å². The van der Waals surface area contributed by atoms with Crippen molar-refractivity contribution in [1.29, 1.82) is 0 Å². The summed E-state index contributed by atoms with van der Waals surface area (Å²) in [5.41, 5.74) is 1.78. The van der Waals surface area contributed by atoms with Gasteiger partial charge in [0.05, 0.1) is 17.5 Å². The van der Waals surface area contributed by atoms with Crippen molar-refractivity contribution >= 4 is 17.5 Å². The minimum Gasteiger partial charge on any atom is -0.274 e. The van der Waals surface area contributed by atoms with Gasteiger partial charge in [-0.3, -0.25) is 14.5 Å². The molecule has 2 atom stereocenters. The second kappa shape index (κ2) is 2.69. The van der Waals surface area contributed by atoms with Gasteiger partial charge in [0.25, 0.3) is 0 Å². The molecule has 1 heterocycles. The maximum atomic E-state index is 11.8. The molecule has 3 nitrogen and oxygen atoms in total. The Hall–Kier alpha value is -1.64. The van der Waals surface area contributed by atoms with E-state index in [0.717, 1.165) is 17.7 Å². The zero-order chi connectivity index (χ0) is 10.6. The van der Waals surface area contributed by atoms with E-state index in [4.69, 9.17) is 0 Å². The van der Waals surface area contributed by atoms with E-state index in [0.29, 0.717) is 0 Å². The van der Waals surface area contributed by atoms with Crippen LogP contribution in [0.4, 0.5) is 5.69 Å². The first-order valence-electron chi connectivity index (χ1n) is 5.13. The zero-order valence-corrected chi connectivity index (χ0v) is 8.43. The second-order valence-corrected chi connectivity index (χ2v) is 4.30. The van der Waals surface area contributed by atoms with Gasteiger partial charge in [-0.05, 0) is 31.0 Å². The molecule has 1 aliphatic carbocycles. The van der Waals surface area contributed by atoms with Crippen LogP contribution in [0.1, 0.15) is 12.0 Å². The summed E-state index contributed by atoms with van der Waals surface area (Å²) in [6.45, 7) is 1.95. The molecule has 1 aromatic carbocycles. The van der Waals surface area contributed by atoms with E-state index in [1.54, 1.807) is 0 Å². The number of carbonyl (C=O) groups excluding carboxylic acids is 2. The van der Waals surface area contributed by atoms with Crippen LogP contribution in [-0.4, -0.2) is 11.8 Å². The van der Waals surface area contributed by atoms with E-state index in [1.807, 2.05) is 31.2 Å². The molecule has 15 heavy (non-hydrogen) atoms. The lowest BCUT2D eigenvalue weighted by molar-refractivity contribution is -0.123. The molecule has 2 amide bonds. The Labute approximate surface area is 87.7 Å². The monoisotopic (exact) mass is 201 g/mol. The summed E-state index contributed by atoms with van der Waals surface area (Å²) in [5.74, 6) is -0.0674. The highest BCUT2D eigenvalue weighted by molar-refractivity contribution is 6.24. The normalized spacial score (nSPS) is 28.2. The summed E-state index contributed by atoms with van der Waals surface area (Å²) in [4.78, 5) is 24.9. The minimum atomic E-state index is -0.0180. The first kappa shape index (κ1) is 8.65. The van der Waals surface area contributed by atoms with Gasteiger partial charge in [0.2, 0.25) is 11.8 Å². The van der Waals surface area contributed by atoms with Crippen molar-refractivity contribution < 1.29 is 9.59 Å². The Morgan fingerprint density at radius 2 is 1.87 bits per heavy atom. The van der Waals surface area contributed by atoms with Gasteiger partial charge in [-0.25, -0.2) is 0 Å². The van der Waals surface area contributed by atoms with Gasteiger partial charge in [-0.1, -0.05) is 12.1 Å². The van der Waals surface area contributed by atoms with Gasteiger partial charge in [0.1, 0.15) is 0 Å². The molecule has 1 saturated carbocycles. The highest BCUT2D eigenvalue weighted by Crippen LogP contribution is 2.48. The summed E-state index contributed by atoms with van der Waals surface area (Å²) in [7, 11) is 0. The van der Waals surface area contributed by atoms with Crippen LogP contribution >= 0.6 is 0 Å². The fourth-order valence-corrected chi connectivity index (χ4v) is 2.20. The van der Waals surface area contributed by atoms with E-state index < -0.39 is 0 Å². The molecule has 0 unspecified atom stereocenters. The Morgan fingerprint density at radius 1 is 1.20 bits per heavy atom. The third kappa shape index (κ3) is 1.12. The number of hydrogen-bond donors (Lipinski definition) is 0. The van der Waals surface area contributed by atoms with Crippen LogP contribution in [0.15, 0.2) is 24.3 Å². The number of piperidine rings is 1. The number of aryl methyl sites for hydroxylation is 1. The van der Waals surface area contributed by atoms with E-state index in [-0.39, 0.29) is 23.7 Å². The third-order valence-electron chi connectivity index (χ3n) is 3.13. The van der Waals surface area contributed by atoms with Gasteiger partial charge >= 0.3 is 0 Å². The Bertz CT molecular complexity index is 446. The lowest BCUT2D eigenvalue weighted by Crippen LogP contribution is -2.32. The van der Waals surface area contributed by atoms with E-state index >= 15 is 0 Å². The molecular formula is C12H11NO2. The van der Waals surface area contributed by atoms with Crippen molar-refractivity contribution in [3.8, 4) is 0 Å². The van der Waals surface area contributed by atoms with Crippen molar-refractivity contribution in [3.63, 3.8) is 0 Å². The van der Waals surface area contributed by atoms with E-state index in [2.05, 4.69) is 0 Å². The third-order valence-corrected chi connectivity index (χ3v) is 3.13. The van der Waals surface area contributed by atoms with Gasteiger partial charge in [0, 0.05) is 0 Å². The molecule has 1 saturated heterocycles. The number of carbonyl (C=O) groups is 2. The van der Waals surface area contributed by atoms with Crippen molar-refractivity contribution in [2.75, 3.05) is 4.90 Å². The minimum absolute atomic E-state index is 0.0157. The van der Waals surface area contributed by atoms with Gasteiger partial charge in [-0.15, -0.1) is 0 Å². The highest BCUT2D eigenvalue weighted by atomic mass is 16.2. The predicted octanol–water partition coefficient (Wildman–Crippen LogP) is 1.50. The number of imide groups is 1. The molecule has 1 aliphatic heterocycles. The second-order valence-electron chi connectivity index (χ2n) is 4.30. The van der Waals surface area contributed by atoms with E-state index in [1.165, 1.54) is 4.90 Å². The number of amides is 2. The number of fused-ring (bicyclic) bond motifs is 1. The van der Waals surface area contributed by atoms with Gasteiger partial charge in [0.15, 0.2) is 0 Å². The maximum absolute atomic E-state index is 11.8. The van der Waals surface area contributed by atoms with Crippen molar-refractivity contribution in [2.45, 2.75) is 13.3 Å². The Morgan fingerprint density at radius 3 is 2.47 bits per heavy atom. The molecule has 2 fully saturated rings. The largest absolute Gasteiger partial charge is 0.274 e. The molecule has 0 radical (unpaired) electrons. The van der Waals surface area contributed by atoms with Crippen LogP contribution in [0.3, 0.4) is 0 Å². The standard InChI is InChI=1S/C12H11NO2/c1-7-3-2-4-8(5-7)13-11(14)9-6-10(9)12(13)15/h2-5,9-10H,6H2,1H3/t9-,10-/m0/s1. The average molecular weight is 201 g/mol. The van der Waals surface area contributed by atoms with Crippen molar-refractivity contribution in [2.24, 2.45) is 11.8 Å². The van der Waals surface area contributed by atoms with E-state index in [9.17, 15) is 9.59 Å². The summed E-state index contributed by atoms with van der Waals surface area (Å²) in [5, 5.41) is 0. The van der Waals surface area contributed by atoms with Crippen LogP contribution in [0.25, 0.3) is 0 Å². The molecule has 0 bridgehead atoms. The molecule has 0 aromatic heterocycles. The number of hydrogen-bond acceptors (Lipinski definition) is 2. The molecule has 3 heteroatoms. The summed E-state index contributed by atoms with van der Waals surface area (Å²) in [6, 6.07) is 7.51. The summed E-state index contributed by atoms with van der Waals surface area (Å²) < 4.78 is 0. The van der Waals surface area contributed by atoms with Crippen LogP contribution in [0, 0.1) is 18.8 Å². The number of nitrogens with zero attached hydrogens (tertiary/aromatic N) is 1. The summed E-state index contributed by atoms with van der Waals surface area (Å²) >= 11 is 0. The SMILES string of the molecule is Cc1cccc(N2C(=O)[C@H]3C[C@@H]3C2=O)c1. The zero-order valence-electron chi connectivity index (χ0n) is 8.43. The molecule has 0 spiro atoms. The Kier molecular flexibility index (Phi) is 1.55. The molecule has 76 valence electrons. The first-order chi connectivity index (χ1) is 7.18. The van der Waals surface area contributed by atoms with Gasteiger partial charge in [-0.2, -0.15) is 0 Å². The van der Waals surface area contributed by atoms with Crippen LogP contribution in [0.2, 0.25) is 0 Å². The smallest absolute Gasteiger partial charge is 0.237 e. The Balaban J connectivity index is 2.01. The fraction of sp³-hybridized carbons (Fsp3) is 0.333. The maximum Gasteiger partial charge on any atom is 0.237 e. The average Bonchev–Trinajstić information content (AvgIpc) is 2.92. The molecule has 3 rings (SSSR count). The molecular weight excluding hydrogens is 190 g/mol. The molecule has 2 aliphatic rings. The summed E-state index contributed by atoms with van der Waals surface area (Å²) in [6.07, 6.45) is 0.764. The molecule has 0 N–H and O–H groups in total. The quantitative estimate of drug-likeness (QED) is 0.646. The van der Waals surface area contributed by atoms with Crippen LogP contribution in [0.5, 0.6) is 0 Å². The van der Waals surface area contributed by atoms with Crippen molar-refractivity contribution in [3.05, 3.63) is 29.8 Å². The lowest BCUT2D eigenvalue weighted by atomic mass is 10.2. The van der Waals surface area contributed by atoms with Gasteiger partial charge < -0.3 is 0 Å². The number of anilines is 1. The van der Waals surface area contributed by atoms with Crippen LogP contribution in [-0.2, 0) is 9.59 Å². The topological polar surface area (TPSA) is 37.4 Å². The number of benzene rings is 1. The highest BCUT2D eigenvalue weighted by Gasteiger charge is 2.59. The molecule has 1 aromatic rings. The number of rotatable bonds is 1. The lowest BCUT2D eigenvalue weighted by Gasteiger charge is -2.16. The van der Waals surface area contributed by atoms with Crippen molar-refractivity contribution in [1.82, 2.24) is 0 Å². The first-order valence-corrected chi connectivity index (χ1v) is 5.13. The fourth-order valence-electron chi connectivity index (χ4n) is 2.20. The predicted molar refractivity (Wildman–Crippen MR) is 55.3 cm³/mol.